The molecule has 3 atom stereocenters. The first kappa shape index (κ1) is 25.9. The molecule has 0 aliphatic carbocycles. The second-order valence-corrected chi connectivity index (χ2v) is 12.2. The number of hydrogen-bond donors (Lipinski definition) is 0. The summed E-state index contributed by atoms with van der Waals surface area (Å²) in [4.78, 5) is 50.8. The topological polar surface area (TPSA) is 115 Å². The Morgan fingerprint density at radius 2 is 1.86 bits per heavy atom. The van der Waals surface area contributed by atoms with Gasteiger partial charge in [0.15, 0.2) is 0 Å². The molecule has 10 nitrogen and oxygen atoms in total. The van der Waals surface area contributed by atoms with Gasteiger partial charge in [0.1, 0.15) is 17.8 Å². The Labute approximate surface area is 242 Å². The Kier molecular flexibility index (Phi) is 5.70. The highest BCUT2D eigenvalue weighted by molar-refractivity contribution is 6.25. The molecular formula is C32H29N7O3. The predicted octanol–water partition coefficient (Wildman–Crippen LogP) is 4.08. The summed E-state index contributed by atoms with van der Waals surface area (Å²) >= 11 is 0. The van der Waals surface area contributed by atoms with Crippen LogP contribution >= 0.6 is 0 Å². The number of piperazine rings is 1. The number of imide groups is 1. The van der Waals surface area contributed by atoms with E-state index in [0.29, 0.717) is 47.4 Å². The van der Waals surface area contributed by atoms with E-state index in [4.69, 9.17) is 5.10 Å². The average molecular weight is 560 g/mol. The molecule has 7 rings (SSSR count). The van der Waals surface area contributed by atoms with Crippen molar-refractivity contribution in [3.05, 3.63) is 89.4 Å². The van der Waals surface area contributed by atoms with Crippen molar-refractivity contribution in [2.75, 3.05) is 11.4 Å². The third-order valence-corrected chi connectivity index (χ3v) is 8.58. The van der Waals surface area contributed by atoms with E-state index in [9.17, 15) is 19.6 Å². The molecule has 2 aromatic carbocycles. The van der Waals surface area contributed by atoms with Gasteiger partial charge in [0.25, 0.3) is 11.8 Å². The van der Waals surface area contributed by atoms with E-state index in [1.807, 2.05) is 36.4 Å². The standard InChI is InChI=1S/C32H29N7O3/c1-32(2,3)26-15-25(37(35-26)17-19-8-5-4-6-9-19)29(40)36-18-21-14-24(36)28-30(41)39(31(42)38(21)28)23-12-11-20(16-33)27-22(23)10-7-13-34-27/h4-13,15,21,24,28H,14,17-18H2,1-3H3/t21?,24?,28-/m1/s1. The first-order valence-electron chi connectivity index (χ1n) is 14.0. The Morgan fingerprint density at radius 3 is 2.60 bits per heavy atom. The lowest BCUT2D eigenvalue weighted by molar-refractivity contribution is -0.121. The van der Waals surface area contributed by atoms with E-state index >= 15 is 0 Å². The lowest BCUT2D eigenvalue weighted by Gasteiger charge is -2.34. The zero-order chi connectivity index (χ0) is 29.3. The second-order valence-electron chi connectivity index (χ2n) is 12.2. The number of hydrogen-bond acceptors (Lipinski definition) is 6. The van der Waals surface area contributed by atoms with E-state index in [0.717, 1.165) is 11.3 Å². The maximum Gasteiger partial charge on any atom is 0.332 e. The van der Waals surface area contributed by atoms with Crippen molar-refractivity contribution in [1.29, 1.82) is 5.26 Å². The monoisotopic (exact) mass is 559 g/mol. The Morgan fingerprint density at radius 1 is 1.07 bits per heavy atom. The van der Waals surface area contributed by atoms with E-state index in [2.05, 4.69) is 31.8 Å². The molecule has 42 heavy (non-hydrogen) atoms. The van der Waals surface area contributed by atoms with Gasteiger partial charge >= 0.3 is 6.03 Å². The van der Waals surface area contributed by atoms with Crippen LogP contribution in [0.1, 0.15) is 54.5 Å². The van der Waals surface area contributed by atoms with Gasteiger partial charge in [-0.15, -0.1) is 0 Å². The van der Waals surface area contributed by atoms with Crippen LogP contribution in [0.4, 0.5) is 10.5 Å². The third kappa shape index (κ3) is 3.80. The lowest BCUT2D eigenvalue weighted by Crippen LogP contribution is -2.55. The third-order valence-electron chi connectivity index (χ3n) is 8.58. The number of urea groups is 1. The number of carbonyl (C=O) groups excluding carboxylic acids is 3. The van der Waals surface area contributed by atoms with Crippen molar-refractivity contribution in [3.8, 4) is 6.07 Å². The molecule has 4 aromatic rings. The minimum absolute atomic E-state index is 0.187. The number of carbonyl (C=O) groups is 3. The van der Waals surface area contributed by atoms with Crippen LogP contribution in [-0.4, -0.2) is 67.1 Å². The molecule has 2 aromatic heterocycles. The number of nitrogens with zero attached hydrogens (tertiary/aromatic N) is 7. The molecule has 5 heterocycles. The van der Waals surface area contributed by atoms with E-state index < -0.39 is 18.1 Å². The number of nitriles is 1. The zero-order valence-electron chi connectivity index (χ0n) is 23.6. The van der Waals surface area contributed by atoms with Gasteiger partial charge in [-0.25, -0.2) is 9.69 Å². The largest absolute Gasteiger partial charge is 0.332 e. The smallest absolute Gasteiger partial charge is 0.330 e. The van der Waals surface area contributed by atoms with Crippen LogP contribution in [0.25, 0.3) is 10.9 Å². The average Bonchev–Trinajstić information content (AvgIpc) is 3.75. The first-order chi connectivity index (χ1) is 20.2. The maximum absolute atomic E-state index is 14.2. The van der Waals surface area contributed by atoms with Crippen molar-refractivity contribution in [2.24, 2.45) is 0 Å². The van der Waals surface area contributed by atoms with Crippen LogP contribution in [-0.2, 0) is 16.8 Å². The van der Waals surface area contributed by atoms with E-state index in [1.165, 1.54) is 4.90 Å². The number of amides is 4. The summed E-state index contributed by atoms with van der Waals surface area (Å²) in [5.74, 6) is -0.555. The summed E-state index contributed by atoms with van der Waals surface area (Å²) in [6.07, 6.45) is 2.13. The van der Waals surface area contributed by atoms with Crippen molar-refractivity contribution in [1.82, 2.24) is 24.6 Å². The number of anilines is 1. The van der Waals surface area contributed by atoms with Crippen molar-refractivity contribution >= 4 is 34.4 Å². The Bertz CT molecular complexity index is 1820. The minimum Gasteiger partial charge on any atom is -0.330 e. The van der Waals surface area contributed by atoms with Crippen LogP contribution in [0.2, 0.25) is 0 Å². The molecular weight excluding hydrogens is 530 g/mol. The molecule has 0 radical (unpaired) electrons. The highest BCUT2D eigenvalue weighted by atomic mass is 16.2. The van der Waals surface area contributed by atoms with Crippen LogP contribution in [0.5, 0.6) is 0 Å². The van der Waals surface area contributed by atoms with Crippen molar-refractivity contribution in [3.63, 3.8) is 0 Å². The van der Waals surface area contributed by atoms with Crippen molar-refractivity contribution < 1.29 is 14.4 Å². The summed E-state index contributed by atoms with van der Waals surface area (Å²) in [7, 11) is 0. The molecule has 10 heteroatoms. The van der Waals surface area contributed by atoms with Crippen LogP contribution in [0.3, 0.4) is 0 Å². The van der Waals surface area contributed by atoms with Crippen LogP contribution in [0.15, 0.2) is 66.9 Å². The maximum atomic E-state index is 14.2. The molecule has 3 saturated heterocycles. The molecule has 0 spiro atoms. The van der Waals surface area contributed by atoms with Gasteiger partial charge < -0.3 is 9.80 Å². The first-order valence-corrected chi connectivity index (χ1v) is 14.0. The predicted molar refractivity (Wildman–Crippen MR) is 155 cm³/mol. The van der Waals surface area contributed by atoms with Crippen molar-refractivity contribution in [2.45, 2.75) is 57.3 Å². The molecule has 0 N–H and O–H groups in total. The summed E-state index contributed by atoms with van der Waals surface area (Å²) in [6.45, 7) is 6.98. The molecule has 3 aliphatic rings. The normalized spacial score (nSPS) is 21.4. The highest BCUT2D eigenvalue weighted by Gasteiger charge is 2.63. The van der Waals surface area contributed by atoms with Crippen LogP contribution < -0.4 is 4.90 Å². The summed E-state index contributed by atoms with van der Waals surface area (Å²) in [6, 6.07) is 18.7. The zero-order valence-corrected chi connectivity index (χ0v) is 23.6. The number of benzene rings is 2. The molecule has 0 saturated carbocycles. The van der Waals surface area contributed by atoms with E-state index in [-0.39, 0.29) is 23.3 Å². The van der Waals surface area contributed by atoms with Gasteiger partial charge in [0.05, 0.1) is 41.1 Å². The molecule has 2 bridgehead atoms. The molecule has 3 aliphatic heterocycles. The lowest BCUT2D eigenvalue weighted by atomic mass is 9.92. The molecule has 210 valence electrons. The fourth-order valence-electron chi connectivity index (χ4n) is 6.53. The minimum atomic E-state index is -0.768. The number of rotatable bonds is 4. The summed E-state index contributed by atoms with van der Waals surface area (Å²) in [5.41, 5.74) is 3.26. The number of likely N-dealkylation sites (tertiary alicyclic amines) is 1. The van der Waals surface area contributed by atoms with Gasteiger partial charge in [-0.1, -0.05) is 51.1 Å². The van der Waals surface area contributed by atoms with Crippen LogP contribution in [0, 0.1) is 11.3 Å². The molecule has 2 unspecified atom stereocenters. The molecule has 4 amide bonds. The summed E-state index contributed by atoms with van der Waals surface area (Å²) in [5, 5.41) is 14.9. The number of aromatic nitrogens is 3. The SMILES string of the molecule is CC(C)(C)c1cc(C(=O)N2CC3CC2[C@@H]2C(=O)N(c4ccc(C#N)c5ncccc45)C(=O)N32)n(Cc2ccccc2)n1. The number of fused-ring (bicyclic) bond motifs is 6. The van der Waals surface area contributed by atoms with Gasteiger partial charge in [0.2, 0.25) is 0 Å². The number of pyridine rings is 1. The summed E-state index contributed by atoms with van der Waals surface area (Å²) < 4.78 is 1.76. The fraction of sp³-hybridized carbons (Fsp3) is 0.312. The van der Waals surface area contributed by atoms with Gasteiger partial charge in [-0.3, -0.25) is 19.3 Å². The second kappa shape index (κ2) is 9.24. The highest BCUT2D eigenvalue weighted by Crippen LogP contribution is 2.44. The van der Waals surface area contributed by atoms with Gasteiger partial charge in [-0.05, 0) is 42.3 Å². The van der Waals surface area contributed by atoms with E-state index in [1.54, 1.807) is 44.9 Å². The fourth-order valence-corrected chi connectivity index (χ4v) is 6.53. The quantitative estimate of drug-likeness (QED) is 0.348. The van der Waals surface area contributed by atoms with Gasteiger partial charge in [-0.2, -0.15) is 10.4 Å². The Balaban J connectivity index is 1.22. The molecule has 3 fully saturated rings. The van der Waals surface area contributed by atoms with Gasteiger partial charge in [0, 0.05) is 23.5 Å². The Hall–Kier alpha value is -5.04.